The number of rotatable bonds is 4. The molecule has 0 saturated heterocycles. The molecule has 0 bridgehead atoms. The Morgan fingerprint density at radius 3 is 2.06 bits per heavy atom. The zero-order valence-electron chi connectivity index (χ0n) is 11.3. The van der Waals surface area contributed by atoms with Gasteiger partial charge in [0.05, 0.1) is 0 Å². The molecule has 0 radical (unpaired) electrons. The van der Waals surface area contributed by atoms with E-state index < -0.39 is 10.1 Å². The molecule has 0 heterocycles. The first-order valence-electron chi connectivity index (χ1n) is 5.96. The Bertz CT molecular complexity index is 555. The fraction of sp³-hybridized carbons (Fsp3) is 0.429. The first kappa shape index (κ1) is 14.9. The molecule has 1 aromatic carbocycles. The molecule has 0 aliphatic carbocycles. The first-order chi connectivity index (χ1) is 8.18. The van der Waals surface area contributed by atoms with Gasteiger partial charge in [-0.25, -0.2) is 0 Å². The van der Waals surface area contributed by atoms with E-state index in [0.29, 0.717) is 11.1 Å². The van der Waals surface area contributed by atoms with Crippen molar-refractivity contribution < 1.29 is 13.0 Å². The largest absolute Gasteiger partial charge is 0.295 e. The van der Waals surface area contributed by atoms with Crippen molar-refractivity contribution in [2.75, 3.05) is 0 Å². The van der Waals surface area contributed by atoms with Crippen LogP contribution in [-0.4, -0.2) is 13.0 Å². The van der Waals surface area contributed by atoms with Gasteiger partial charge in [0, 0.05) is 0 Å². The summed E-state index contributed by atoms with van der Waals surface area (Å²) < 4.78 is 32.4. The summed E-state index contributed by atoms with van der Waals surface area (Å²) >= 11 is 0. The van der Waals surface area contributed by atoms with Crippen LogP contribution in [0.15, 0.2) is 23.6 Å². The van der Waals surface area contributed by atoms with Crippen LogP contribution in [0.1, 0.15) is 56.2 Å². The van der Waals surface area contributed by atoms with Crippen molar-refractivity contribution >= 4 is 16.2 Å². The third-order valence-corrected chi connectivity index (χ3v) is 3.92. The predicted molar refractivity (Wildman–Crippen MR) is 74.5 cm³/mol. The van der Waals surface area contributed by atoms with Crippen LogP contribution < -0.4 is 0 Å². The average Bonchev–Trinajstić information content (AvgIpc) is 2.25. The number of hydrogen-bond acceptors (Lipinski definition) is 2. The second kappa shape index (κ2) is 5.24. The van der Waals surface area contributed by atoms with Gasteiger partial charge in [0.25, 0.3) is 10.1 Å². The van der Waals surface area contributed by atoms with Gasteiger partial charge >= 0.3 is 0 Å². The molecule has 0 fully saturated rings. The van der Waals surface area contributed by atoms with E-state index in [1.54, 1.807) is 6.07 Å². The molecule has 0 unspecified atom stereocenters. The molecular weight excluding hydrogens is 248 g/mol. The van der Waals surface area contributed by atoms with Crippen molar-refractivity contribution in [3.63, 3.8) is 0 Å². The van der Waals surface area contributed by atoms with Crippen molar-refractivity contribution in [3.8, 4) is 0 Å². The predicted octanol–water partition coefficient (Wildman–Crippen LogP) is 3.82. The van der Waals surface area contributed by atoms with Crippen LogP contribution in [0.2, 0.25) is 0 Å². The molecule has 3 nitrogen and oxygen atoms in total. The summed E-state index contributed by atoms with van der Waals surface area (Å²) in [6.07, 6.45) is 1.47. The van der Waals surface area contributed by atoms with Crippen molar-refractivity contribution in [2.45, 2.75) is 44.4 Å². The highest BCUT2D eigenvalue weighted by Gasteiger charge is 2.22. The Morgan fingerprint density at radius 1 is 1.17 bits per heavy atom. The van der Waals surface area contributed by atoms with Gasteiger partial charge in [-0.15, -0.1) is 0 Å². The van der Waals surface area contributed by atoms with Gasteiger partial charge in [-0.2, -0.15) is 8.42 Å². The molecule has 0 amide bonds. The number of benzene rings is 1. The molecule has 0 aliphatic heterocycles. The molecule has 4 heteroatoms. The minimum absolute atomic E-state index is 0.0133. The van der Waals surface area contributed by atoms with Crippen LogP contribution in [0.25, 0.3) is 6.08 Å². The minimum atomic E-state index is -4.23. The Kier molecular flexibility index (Phi) is 4.35. The number of hydrogen-bond donors (Lipinski definition) is 1. The molecule has 0 aliphatic rings. The van der Waals surface area contributed by atoms with Crippen molar-refractivity contribution in [1.29, 1.82) is 0 Å². The summed E-state index contributed by atoms with van der Waals surface area (Å²) in [5, 5.41) is 0. The average molecular weight is 268 g/mol. The molecule has 0 aromatic heterocycles. The quantitative estimate of drug-likeness (QED) is 0.844. The lowest BCUT2D eigenvalue weighted by molar-refractivity contribution is 0.481. The Hall–Kier alpha value is -1.13. The smallest absolute Gasteiger partial charge is 0.282 e. The summed E-state index contributed by atoms with van der Waals surface area (Å²) in [6, 6.07) is 3.62. The molecule has 1 aromatic rings. The maximum Gasteiger partial charge on any atom is 0.295 e. The molecule has 0 spiro atoms. The van der Waals surface area contributed by atoms with E-state index >= 15 is 0 Å². The fourth-order valence-electron chi connectivity index (χ4n) is 1.91. The third-order valence-electron chi connectivity index (χ3n) is 2.94. The van der Waals surface area contributed by atoms with Gasteiger partial charge < -0.3 is 0 Å². The zero-order chi connectivity index (χ0) is 14.1. The summed E-state index contributed by atoms with van der Waals surface area (Å²) in [5.74, 6) is 0.302. The Balaban J connectivity index is 3.73. The molecule has 100 valence electrons. The van der Waals surface area contributed by atoms with Crippen LogP contribution in [-0.2, 0) is 10.1 Å². The zero-order valence-corrected chi connectivity index (χ0v) is 12.1. The van der Waals surface area contributed by atoms with E-state index in [4.69, 9.17) is 0 Å². The lowest BCUT2D eigenvalue weighted by atomic mass is 9.93. The summed E-state index contributed by atoms with van der Waals surface area (Å²) in [5.41, 5.74) is 2.15. The monoisotopic (exact) mass is 268 g/mol. The highest BCUT2D eigenvalue weighted by atomic mass is 32.2. The van der Waals surface area contributed by atoms with Crippen LogP contribution in [0.3, 0.4) is 0 Å². The summed E-state index contributed by atoms with van der Waals surface area (Å²) in [4.78, 5) is -0.0168. The van der Waals surface area contributed by atoms with Crippen molar-refractivity contribution in [2.24, 2.45) is 0 Å². The lowest BCUT2D eigenvalue weighted by Crippen LogP contribution is -2.08. The van der Waals surface area contributed by atoms with Gasteiger partial charge in [-0.3, -0.25) is 4.55 Å². The van der Waals surface area contributed by atoms with E-state index in [0.717, 1.165) is 5.56 Å². The van der Waals surface area contributed by atoms with Crippen molar-refractivity contribution in [3.05, 3.63) is 35.4 Å². The molecule has 0 atom stereocenters. The molecule has 18 heavy (non-hydrogen) atoms. The van der Waals surface area contributed by atoms with Crippen LogP contribution in [0.4, 0.5) is 0 Å². The van der Waals surface area contributed by atoms with Gasteiger partial charge in [0.1, 0.15) is 4.90 Å². The van der Waals surface area contributed by atoms with E-state index in [1.165, 1.54) is 6.08 Å². The molecular formula is C14H20O3S. The van der Waals surface area contributed by atoms with Gasteiger partial charge in [-0.05, 0) is 28.5 Å². The van der Waals surface area contributed by atoms with Crippen LogP contribution in [0, 0.1) is 0 Å². The van der Waals surface area contributed by atoms with E-state index in [1.807, 2.05) is 33.8 Å². The second-order valence-electron chi connectivity index (χ2n) is 5.02. The molecule has 1 N–H and O–H groups in total. The minimum Gasteiger partial charge on any atom is -0.282 e. The maximum absolute atomic E-state index is 11.5. The van der Waals surface area contributed by atoms with E-state index in [-0.39, 0.29) is 16.7 Å². The molecule has 1 rings (SSSR count). The van der Waals surface area contributed by atoms with Crippen LogP contribution in [0.5, 0.6) is 0 Å². The SMILES string of the molecule is C=Cc1cc(C(C)C)cc(C(C)C)c1S(=O)(=O)O. The normalized spacial score (nSPS) is 12.2. The van der Waals surface area contributed by atoms with Gasteiger partial charge in [0.2, 0.25) is 0 Å². The highest BCUT2D eigenvalue weighted by molar-refractivity contribution is 7.86. The Morgan fingerprint density at radius 2 is 1.72 bits per heavy atom. The van der Waals surface area contributed by atoms with Crippen molar-refractivity contribution in [1.82, 2.24) is 0 Å². The lowest BCUT2D eigenvalue weighted by Gasteiger charge is -2.17. The maximum atomic E-state index is 11.5. The molecule has 0 saturated carbocycles. The summed E-state index contributed by atoms with van der Waals surface area (Å²) in [6.45, 7) is 11.5. The summed E-state index contributed by atoms with van der Waals surface area (Å²) in [7, 11) is -4.23. The second-order valence-corrected chi connectivity index (χ2v) is 6.38. The Labute approximate surface area is 109 Å². The highest BCUT2D eigenvalue weighted by Crippen LogP contribution is 2.31. The van der Waals surface area contributed by atoms with Gasteiger partial charge in [0.15, 0.2) is 0 Å². The standard InChI is InChI=1S/C14H20O3S/c1-6-11-7-12(9(2)3)8-13(10(4)5)14(11)18(15,16)17/h6-10H,1H2,2-5H3,(H,15,16,17). The van der Waals surface area contributed by atoms with E-state index in [9.17, 15) is 13.0 Å². The topological polar surface area (TPSA) is 54.4 Å². The van der Waals surface area contributed by atoms with Gasteiger partial charge in [-0.1, -0.05) is 52.5 Å². The first-order valence-corrected chi connectivity index (χ1v) is 7.40. The van der Waals surface area contributed by atoms with E-state index in [2.05, 4.69) is 6.58 Å². The third kappa shape index (κ3) is 3.00. The fourth-order valence-corrected chi connectivity index (χ4v) is 2.94. The van der Waals surface area contributed by atoms with Crippen LogP contribution >= 0.6 is 0 Å².